The Balaban J connectivity index is 0.000000572. The molecule has 2 aliphatic rings. The van der Waals surface area contributed by atoms with Crippen molar-refractivity contribution >= 4 is 28.2 Å². The molecule has 0 aromatic heterocycles. The number of allylic oxidation sites excluding steroid dienone is 5. The lowest BCUT2D eigenvalue weighted by Crippen LogP contribution is -1.99. The molecule has 30 heavy (non-hydrogen) atoms. The van der Waals surface area contributed by atoms with Gasteiger partial charge in [-0.05, 0) is 108 Å². The minimum Gasteiger partial charge on any atom is -0.494 e. The van der Waals surface area contributed by atoms with Crippen LogP contribution in [0, 0.1) is 3.57 Å². The molecule has 1 heterocycles. The fourth-order valence-corrected chi connectivity index (χ4v) is 3.84. The van der Waals surface area contributed by atoms with Gasteiger partial charge in [0.15, 0.2) is 0 Å². The molecule has 3 heteroatoms. The maximum atomic E-state index is 5.63. The average Bonchev–Trinajstić information content (AvgIpc) is 3.57. The number of halogens is 1. The SMILES string of the molecule is CCOc1ccc(/C(=C(/CC)C2=CCCC=C2)c2ccc(I)cc2)cc1.CN1CC1. The van der Waals surface area contributed by atoms with Crippen molar-refractivity contribution in [3.8, 4) is 5.75 Å². The smallest absolute Gasteiger partial charge is 0.119 e. The Bertz CT molecular complexity index is 903. The lowest BCUT2D eigenvalue weighted by molar-refractivity contribution is 0.340. The van der Waals surface area contributed by atoms with E-state index in [9.17, 15) is 0 Å². The number of likely N-dealkylation sites (N-methyl/N-ethyl adjacent to an activating group) is 1. The summed E-state index contributed by atoms with van der Waals surface area (Å²) < 4.78 is 6.88. The molecule has 0 N–H and O–H groups in total. The summed E-state index contributed by atoms with van der Waals surface area (Å²) in [7, 11) is 2.11. The largest absolute Gasteiger partial charge is 0.494 e. The molecule has 0 atom stereocenters. The molecule has 0 amide bonds. The van der Waals surface area contributed by atoms with E-state index in [1.807, 2.05) is 6.92 Å². The van der Waals surface area contributed by atoms with Gasteiger partial charge in [-0.1, -0.05) is 49.4 Å². The molecule has 0 spiro atoms. The van der Waals surface area contributed by atoms with E-state index < -0.39 is 0 Å². The van der Waals surface area contributed by atoms with Crippen molar-refractivity contribution in [1.82, 2.24) is 4.90 Å². The summed E-state index contributed by atoms with van der Waals surface area (Å²) in [5, 5.41) is 0. The Morgan fingerprint density at radius 1 is 0.933 bits per heavy atom. The molecular formula is C27H32INO. The third kappa shape index (κ3) is 6.58. The third-order valence-corrected chi connectivity index (χ3v) is 5.98. The Kier molecular flexibility index (Phi) is 8.76. The van der Waals surface area contributed by atoms with E-state index in [-0.39, 0.29) is 0 Å². The lowest BCUT2D eigenvalue weighted by atomic mass is 9.86. The van der Waals surface area contributed by atoms with Crippen LogP contribution in [0.25, 0.3) is 5.57 Å². The number of rotatable bonds is 6. The van der Waals surface area contributed by atoms with E-state index in [0.29, 0.717) is 6.61 Å². The van der Waals surface area contributed by atoms with Crippen LogP contribution in [0.5, 0.6) is 5.75 Å². The molecule has 2 aromatic rings. The van der Waals surface area contributed by atoms with Crippen LogP contribution in [0.3, 0.4) is 0 Å². The molecule has 0 bridgehead atoms. The highest BCUT2D eigenvalue weighted by atomic mass is 127. The van der Waals surface area contributed by atoms with Crippen molar-refractivity contribution in [2.45, 2.75) is 33.1 Å². The van der Waals surface area contributed by atoms with Crippen molar-refractivity contribution < 1.29 is 4.74 Å². The first-order valence-corrected chi connectivity index (χ1v) is 12.0. The third-order valence-electron chi connectivity index (χ3n) is 5.26. The second kappa shape index (κ2) is 11.5. The molecule has 1 aliphatic carbocycles. The summed E-state index contributed by atoms with van der Waals surface area (Å²) in [5.41, 5.74) is 6.61. The van der Waals surface area contributed by atoms with Crippen LogP contribution in [0.4, 0.5) is 0 Å². The first-order valence-electron chi connectivity index (χ1n) is 10.9. The average molecular weight is 513 g/mol. The fourth-order valence-electron chi connectivity index (χ4n) is 3.48. The summed E-state index contributed by atoms with van der Waals surface area (Å²) in [5.74, 6) is 0.924. The molecule has 0 unspecified atom stereocenters. The number of benzene rings is 2. The number of hydrogen-bond donors (Lipinski definition) is 0. The van der Waals surface area contributed by atoms with Crippen molar-refractivity contribution in [3.63, 3.8) is 0 Å². The van der Waals surface area contributed by atoms with Gasteiger partial charge in [-0.2, -0.15) is 0 Å². The van der Waals surface area contributed by atoms with E-state index in [0.717, 1.165) is 25.0 Å². The van der Waals surface area contributed by atoms with Gasteiger partial charge in [0.05, 0.1) is 6.61 Å². The predicted molar refractivity (Wildman–Crippen MR) is 137 cm³/mol. The summed E-state index contributed by atoms with van der Waals surface area (Å²) >= 11 is 2.36. The quantitative estimate of drug-likeness (QED) is 0.302. The van der Waals surface area contributed by atoms with E-state index >= 15 is 0 Å². The molecule has 2 nitrogen and oxygen atoms in total. The van der Waals surface area contributed by atoms with Crippen molar-refractivity contribution in [2.24, 2.45) is 0 Å². The van der Waals surface area contributed by atoms with Crippen LogP contribution in [0.15, 0.2) is 77.9 Å². The minimum absolute atomic E-state index is 0.692. The maximum absolute atomic E-state index is 5.63. The molecule has 1 saturated heterocycles. The molecule has 2 aromatic carbocycles. The van der Waals surface area contributed by atoms with Gasteiger partial charge in [-0.15, -0.1) is 0 Å². The van der Waals surface area contributed by atoms with Gasteiger partial charge >= 0.3 is 0 Å². The minimum atomic E-state index is 0.692. The van der Waals surface area contributed by atoms with Crippen LogP contribution in [-0.4, -0.2) is 31.6 Å². The fraction of sp³-hybridized carbons (Fsp3) is 0.333. The van der Waals surface area contributed by atoms with Crippen molar-refractivity contribution in [1.29, 1.82) is 0 Å². The number of nitrogens with zero attached hydrogens (tertiary/aromatic N) is 1. The maximum Gasteiger partial charge on any atom is 0.119 e. The predicted octanol–water partition coefficient (Wildman–Crippen LogP) is 7.11. The first-order chi connectivity index (χ1) is 14.6. The van der Waals surface area contributed by atoms with Gasteiger partial charge in [0.1, 0.15) is 5.75 Å². The zero-order chi connectivity index (χ0) is 21.3. The summed E-state index contributed by atoms with van der Waals surface area (Å²) in [6, 6.07) is 17.3. The summed E-state index contributed by atoms with van der Waals surface area (Å²) in [6.45, 7) is 7.60. The topological polar surface area (TPSA) is 12.2 Å². The summed E-state index contributed by atoms with van der Waals surface area (Å²) in [6.07, 6.45) is 10.2. The van der Waals surface area contributed by atoms with Gasteiger partial charge in [0.2, 0.25) is 0 Å². The number of ether oxygens (including phenoxy) is 1. The molecule has 4 rings (SSSR count). The molecule has 0 radical (unpaired) electrons. The molecule has 1 aliphatic heterocycles. The van der Waals surface area contributed by atoms with E-state index in [2.05, 4.69) is 108 Å². The molecule has 158 valence electrons. The highest BCUT2D eigenvalue weighted by molar-refractivity contribution is 14.1. The molecule has 1 fully saturated rings. The Morgan fingerprint density at radius 3 is 2.00 bits per heavy atom. The van der Waals surface area contributed by atoms with Crippen LogP contribution in [0.1, 0.15) is 44.2 Å². The van der Waals surface area contributed by atoms with Gasteiger partial charge < -0.3 is 9.64 Å². The van der Waals surface area contributed by atoms with Crippen molar-refractivity contribution in [2.75, 3.05) is 26.7 Å². The summed E-state index contributed by atoms with van der Waals surface area (Å²) in [4.78, 5) is 2.25. The standard InChI is InChI=1S/C24H25IO.C3H7N/c1-3-23(18-8-6-5-7-9-18)24(19-10-14-21(25)15-11-19)20-12-16-22(17-13-20)26-4-2;1-4-2-3-4/h6,8-17H,3-5,7H2,1-2H3;2-3H2,1H3/b24-23-;. The zero-order valence-electron chi connectivity index (χ0n) is 18.3. The van der Waals surface area contributed by atoms with Crippen LogP contribution < -0.4 is 4.74 Å². The van der Waals surface area contributed by atoms with Crippen LogP contribution in [0.2, 0.25) is 0 Å². The Morgan fingerprint density at radius 2 is 1.53 bits per heavy atom. The van der Waals surface area contributed by atoms with Gasteiger partial charge in [-0.25, -0.2) is 0 Å². The van der Waals surface area contributed by atoms with Crippen LogP contribution in [-0.2, 0) is 0 Å². The normalized spacial score (nSPS) is 16.2. The van der Waals surface area contributed by atoms with Gasteiger partial charge in [0.25, 0.3) is 0 Å². The highest BCUT2D eigenvalue weighted by Gasteiger charge is 2.14. The van der Waals surface area contributed by atoms with E-state index in [1.54, 1.807) is 0 Å². The lowest BCUT2D eigenvalue weighted by Gasteiger charge is -2.19. The van der Waals surface area contributed by atoms with Crippen molar-refractivity contribution in [3.05, 3.63) is 92.6 Å². The second-order valence-electron chi connectivity index (χ2n) is 7.61. The Hall–Kier alpha value is -1.85. The highest BCUT2D eigenvalue weighted by Crippen LogP contribution is 2.35. The monoisotopic (exact) mass is 513 g/mol. The van der Waals surface area contributed by atoms with E-state index in [4.69, 9.17) is 4.74 Å². The zero-order valence-corrected chi connectivity index (χ0v) is 20.5. The van der Waals surface area contributed by atoms with Gasteiger partial charge in [0, 0.05) is 16.7 Å². The van der Waals surface area contributed by atoms with Crippen LogP contribution >= 0.6 is 22.6 Å². The first kappa shape index (κ1) is 22.8. The van der Waals surface area contributed by atoms with E-state index in [1.165, 1.54) is 44.5 Å². The second-order valence-corrected chi connectivity index (χ2v) is 8.86. The number of hydrogen-bond acceptors (Lipinski definition) is 2. The molecule has 0 saturated carbocycles. The van der Waals surface area contributed by atoms with Gasteiger partial charge in [-0.3, -0.25) is 0 Å². The molecular weight excluding hydrogens is 481 g/mol. The Labute approximate surface area is 195 Å².